The Bertz CT molecular complexity index is 1280. The Morgan fingerprint density at radius 1 is 0.947 bits per heavy atom. The number of hydrogen-bond donors (Lipinski definition) is 1. The number of allylic oxidation sites excluding steroid dienone is 3. The highest BCUT2D eigenvalue weighted by Crippen LogP contribution is 2.51. The molecule has 1 N–H and O–H groups in total. The molecule has 0 amide bonds. The lowest BCUT2D eigenvalue weighted by Crippen LogP contribution is -2.39. The average molecular weight is 522 g/mol. The summed E-state index contributed by atoms with van der Waals surface area (Å²) in [5.74, 6) is 0.708. The van der Waals surface area contributed by atoms with Gasteiger partial charge in [-0.05, 0) is 37.0 Å². The Balaban J connectivity index is 1.73. The standard InChI is InChI=1S/C30H35NO7/c1-18-24(29(33)38-15-14-37-19-10-8-7-9-11-19)25(26-21(31-18)16-30(2,3)17-22(26)32)20-12-13-23(34-4)28(36-6)27(20)35-5/h7-13,25,31H,14-17H2,1-6H3. The van der Waals surface area contributed by atoms with E-state index in [4.69, 9.17) is 23.7 Å². The molecular weight excluding hydrogens is 486 g/mol. The van der Waals surface area contributed by atoms with Gasteiger partial charge in [-0.3, -0.25) is 4.79 Å². The quantitative estimate of drug-likeness (QED) is 0.367. The van der Waals surface area contributed by atoms with Crippen molar-refractivity contribution < 1.29 is 33.3 Å². The number of benzene rings is 2. The summed E-state index contributed by atoms with van der Waals surface area (Å²) >= 11 is 0. The van der Waals surface area contributed by atoms with E-state index in [2.05, 4.69) is 19.2 Å². The van der Waals surface area contributed by atoms with Crippen LogP contribution in [0.15, 0.2) is 65.0 Å². The number of carbonyl (C=O) groups is 2. The van der Waals surface area contributed by atoms with Gasteiger partial charge in [0, 0.05) is 29.0 Å². The van der Waals surface area contributed by atoms with Gasteiger partial charge in [0.25, 0.3) is 0 Å². The van der Waals surface area contributed by atoms with Gasteiger partial charge in [0.05, 0.1) is 32.8 Å². The second kappa shape index (κ2) is 11.2. The van der Waals surface area contributed by atoms with Crippen LogP contribution in [-0.4, -0.2) is 46.3 Å². The number of para-hydroxylation sites is 1. The number of ether oxygens (including phenoxy) is 5. The zero-order valence-corrected chi connectivity index (χ0v) is 22.8. The molecule has 2 aromatic rings. The smallest absolute Gasteiger partial charge is 0.336 e. The predicted octanol–water partition coefficient (Wildman–Crippen LogP) is 4.94. The number of esters is 1. The van der Waals surface area contributed by atoms with E-state index < -0.39 is 11.9 Å². The van der Waals surface area contributed by atoms with Crippen molar-refractivity contribution in [3.05, 3.63) is 70.6 Å². The number of dihydropyridines is 1. The number of carbonyl (C=O) groups excluding carboxylic acids is 2. The number of methoxy groups -OCH3 is 3. The number of ketones is 1. The molecule has 38 heavy (non-hydrogen) atoms. The Hall–Kier alpha value is -3.94. The van der Waals surface area contributed by atoms with Crippen molar-refractivity contribution in [3.63, 3.8) is 0 Å². The molecule has 2 aromatic carbocycles. The molecule has 1 atom stereocenters. The van der Waals surface area contributed by atoms with E-state index in [9.17, 15) is 9.59 Å². The average Bonchev–Trinajstić information content (AvgIpc) is 2.89. The van der Waals surface area contributed by atoms with Gasteiger partial charge in [0.1, 0.15) is 19.0 Å². The summed E-state index contributed by atoms with van der Waals surface area (Å²) in [4.78, 5) is 27.2. The minimum Gasteiger partial charge on any atom is -0.493 e. The number of rotatable bonds is 9. The lowest BCUT2D eigenvalue weighted by molar-refractivity contribution is -0.140. The molecule has 0 radical (unpaired) electrons. The normalized spacial score (nSPS) is 18.4. The van der Waals surface area contributed by atoms with E-state index in [1.54, 1.807) is 13.2 Å². The molecule has 0 spiro atoms. The highest BCUT2D eigenvalue weighted by Gasteiger charge is 2.44. The summed E-state index contributed by atoms with van der Waals surface area (Å²) < 4.78 is 28.2. The minimum absolute atomic E-state index is 0.0178. The fourth-order valence-corrected chi connectivity index (χ4v) is 5.26. The Labute approximate surface area is 223 Å². The minimum atomic E-state index is -0.702. The molecule has 1 aliphatic heterocycles. The zero-order valence-electron chi connectivity index (χ0n) is 22.8. The van der Waals surface area contributed by atoms with Crippen LogP contribution >= 0.6 is 0 Å². The molecule has 8 nitrogen and oxygen atoms in total. The predicted molar refractivity (Wildman–Crippen MR) is 143 cm³/mol. The van der Waals surface area contributed by atoms with Crippen molar-refractivity contribution in [1.29, 1.82) is 0 Å². The van der Waals surface area contributed by atoms with Crippen LogP contribution in [0.4, 0.5) is 0 Å². The number of nitrogens with one attached hydrogen (secondary N) is 1. The maximum atomic E-state index is 13.6. The molecule has 0 bridgehead atoms. The van der Waals surface area contributed by atoms with Gasteiger partial charge in [0.15, 0.2) is 17.3 Å². The molecule has 0 fully saturated rings. The third-order valence-electron chi connectivity index (χ3n) is 6.83. The van der Waals surface area contributed by atoms with Crippen molar-refractivity contribution in [2.45, 2.75) is 39.5 Å². The molecule has 1 aliphatic carbocycles. The molecule has 1 unspecified atom stereocenters. The fourth-order valence-electron chi connectivity index (χ4n) is 5.26. The van der Waals surface area contributed by atoms with Crippen molar-refractivity contribution in [2.24, 2.45) is 5.41 Å². The van der Waals surface area contributed by atoms with Gasteiger partial charge in [-0.25, -0.2) is 4.79 Å². The Morgan fingerprint density at radius 3 is 2.32 bits per heavy atom. The molecule has 1 heterocycles. The molecule has 0 aromatic heterocycles. The van der Waals surface area contributed by atoms with Gasteiger partial charge in [-0.15, -0.1) is 0 Å². The highest BCUT2D eigenvalue weighted by atomic mass is 16.6. The zero-order chi connectivity index (χ0) is 27.4. The van der Waals surface area contributed by atoms with Crippen LogP contribution in [0.2, 0.25) is 0 Å². The Kier molecular flexibility index (Phi) is 7.99. The van der Waals surface area contributed by atoms with Crippen molar-refractivity contribution in [1.82, 2.24) is 5.32 Å². The first-order chi connectivity index (χ1) is 18.2. The van der Waals surface area contributed by atoms with Crippen LogP contribution in [0, 0.1) is 5.41 Å². The Morgan fingerprint density at radius 2 is 1.66 bits per heavy atom. The van der Waals surface area contributed by atoms with E-state index in [-0.39, 0.29) is 24.4 Å². The maximum absolute atomic E-state index is 13.6. The lowest BCUT2D eigenvalue weighted by atomic mass is 9.68. The number of hydrogen-bond acceptors (Lipinski definition) is 8. The summed E-state index contributed by atoms with van der Waals surface area (Å²) in [7, 11) is 4.59. The van der Waals surface area contributed by atoms with E-state index in [1.807, 2.05) is 43.3 Å². The SMILES string of the molecule is COc1ccc(C2C(C(=O)OCCOc3ccccc3)=C(C)NC3=C2C(=O)CC(C)(C)C3)c(OC)c1OC. The summed E-state index contributed by atoms with van der Waals surface area (Å²) in [5, 5.41) is 3.35. The monoisotopic (exact) mass is 521 g/mol. The van der Waals surface area contributed by atoms with Gasteiger partial charge < -0.3 is 29.0 Å². The topological polar surface area (TPSA) is 92.3 Å². The van der Waals surface area contributed by atoms with E-state index in [0.29, 0.717) is 58.2 Å². The fraction of sp³-hybridized carbons (Fsp3) is 0.400. The first kappa shape index (κ1) is 27.1. The van der Waals surface area contributed by atoms with Crippen LogP contribution in [0.3, 0.4) is 0 Å². The largest absolute Gasteiger partial charge is 0.493 e. The third kappa shape index (κ3) is 5.35. The third-order valence-corrected chi connectivity index (χ3v) is 6.83. The molecule has 0 saturated carbocycles. The second-order valence-electron chi connectivity index (χ2n) is 10.2. The molecule has 8 heteroatoms. The van der Waals surface area contributed by atoms with Gasteiger partial charge in [0.2, 0.25) is 5.75 Å². The molecule has 4 rings (SSSR count). The van der Waals surface area contributed by atoms with Crippen LogP contribution < -0.4 is 24.3 Å². The van der Waals surface area contributed by atoms with E-state index >= 15 is 0 Å². The van der Waals surface area contributed by atoms with Crippen molar-refractivity contribution in [2.75, 3.05) is 34.5 Å². The van der Waals surface area contributed by atoms with Crippen LogP contribution in [-0.2, 0) is 14.3 Å². The van der Waals surface area contributed by atoms with Gasteiger partial charge >= 0.3 is 5.97 Å². The van der Waals surface area contributed by atoms with Gasteiger partial charge in [-0.2, -0.15) is 0 Å². The van der Waals surface area contributed by atoms with Crippen molar-refractivity contribution in [3.8, 4) is 23.0 Å². The van der Waals surface area contributed by atoms with E-state index in [1.165, 1.54) is 14.2 Å². The summed E-state index contributed by atoms with van der Waals surface area (Å²) in [6.07, 6.45) is 1.04. The second-order valence-corrected chi connectivity index (χ2v) is 10.2. The van der Waals surface area contributed by atoms with Crippen LogP contribution in [0.25, 0.3) is 0 Å². The highest BCUT2D eigenvalue weighted by molar-refractivity contribution is 6.04. The van der Waals surface area contributed by atoms with Gasteiger partial charge in [-0.1, -0.05) is 38.1 Å². The van der Waals surface area contributed by atoms with Crippen LogP contribution in [0.1, 0.15) is 45.1 Å². The van der Waals surface area contributed by atoms with Crippen LogP contribution in [0.5, 0.6) is 23.0 Å². The molecule has 0 saturated heterocycles. The first-order valence-corrected chi connectivity index (χ1v) is 12.6. The maximum Gasteiger partial charge on any atom is 0.336 e. The molecule has 202 valence electrons. The van der Waals surface area contributed by atoms with Crippen molar-refractivity contribution >= 4 is 11.8 Å². The summed E-state index contributed by atoms with van der Waals surface area (Å²) in [5.41, 5.74) is 2.76. The summed E-state index contributed by atoms with van der Waals surface area (Å²) in [6, 6.07) is 12.9. The van der Waals surface area contributed by atoms with E-state index in [0.717, 1.165) is 5.70 Å². The summed E-state index contributed by atoms with van der Waals surface area (Å²) in [6.45, 7) is 6.21. The molecule has 2 aliphatic rings. The lowest BCUT2D eigenvalue weighted by Gasteiger charge is -2.39. The number of Topliss-reactive ketones (excluding diaryl/α,β-unsaturated/α-hetero) is 1. The molecular formula is C30H35NO7. The first-order valence-electron chi connectivity index (χ1n) is 12.6.